The van der Waals surface area contributed by atoms with Gasteiger partial charge in [-0.05, 0) is 30.3 Å². The summed E-state index contributed by atoms with van der Waals surface area (Å²) in [5.74, 6) is -1.08. The molecule has 0 spiro atoms. The second-order valence-electron chi connectivity index (χ2n) is 4.75. The van der Waals surface area contributed by atoms with Crippen molar-refractivity contribution < 1.29 is 27.8 Å². The highest BCUT2D eigenvalue weighted by Crippen LogP contribution is 2.27. The number of halogens is 2. The van der Waals surface area contributed by atoms with E-state index in [0.29, 0.717) is 17.1 Å². The lowest BCUT2D eigenvalue weighted by Crippen LogP contribution is -2.28. The molecule has 0 heterocycles. The van der Waals surface area contributed by atoms with Crippen LogP contribution in [0.25, 0.3) is 0 Å². The Kier molecular flexibility index (Phi) is 5.95. The predicted molar refractivity (Wildman–Crippen MR) is 83.7 cm³/mol. The predicted octanol–water partition coefficient (Wildman–Crippen LogP) is 2.79. The molecule has 1 N–H and O–H groups in total. The maximum Gasteiger partial charge on any atom is 0.251 e. The van der Waals surface area contributed by atoms with E-state index in [2.05, 4.69) is 5.32 Å². The molecule has 0 fully saturated rings. The number of hydrogen-bond acceptors (Lipinski definition) is 4. The Bertz CT molecular complexity index is 722. The number of benzene rings is 2. The standard InChI is InChI=1S/C17H17F2NO4/c1-22-15-6-3-11(9-16(15)23-2)17(21)20-7-8-24-12-4-5-13(18)14(19)10-12/h3-6,9-10H,7-8H2,1-2H3,(H,20,21). The fourth-order valence-electron chi connectivity index (χ4n) is 1.98. The minimum atomic E-state index is -0.984. The smallest absolute Gasteiger partial charge is 0.251 e. The van der Waals surface area contributed by atoms with E-state index < -0.39 is 11.6 Å². The van der Waals surface area contributed by atoms with Gasteiger partial charge in [-0.3, -0.25) is 4.79 Å². The molecule has 7 heteroatoms. The van der Waals surface area contributed by atoms with Crippen molar-refractivity contribution in [1.29, 1.82) is 0 Å². The van der Waals surface area contributed by atoms with Crippen LogP contribution in [0.1, 0.15) is 10.4 Å². The molecule has 0 bridgehead atoms. The highest BCUT2D eigenvalue weighted by atomic mass is 19.2. The quantitative estimate of drug-likeness (QED) is 0.790. The lowest BCUT2D eigenvalue weighted by molar-refractivity contribution is 0.0946. The zero-order valence-corrected chi connectivity index (χ0v) is 13.3. The largest absolute Gasteiger partial charge is 0.493 e. The Morgan fingerprint density at radius 3 is 2.42 bits per heavy atom. The van der Waals surface area contributed by atoms with Gasteiger partial charge in [-0.1, -0.05) is 0 Å². The topological polar surface area (TPSA) is 56.8 Å². The summed E-state index contributed by atoms with van der Waals surface area (Å²) in [5.41, 5.74) is 0.403. The molecule has 0 aliphatic carbocycles. The zero-order chi connectivity index (χ0) is 17.5. The van der Waals surface area contributed by atoms with Gasteiger partial charge in [0.25, 0.3) is 5.91 Å². The fraction of sp³-hybridized carbons (Fsp3) is 0.235. The second kappa shape index (κ2) is 8.14. The maximum atomic E-state index is 13.0. The number of nitrogens with one attached hydrogen (secondary N) is 1. The Hall–Kier alpha value is -2.83. The van der Waals surface area contributed by atoms with Crippen molar-refractivity contribution in [3.63, 3.8) is 0 Å². The summed E-state index contributed by atoms with van der Waals surface area (Å²) in [6.45, 7) is 0.316. The molecular weight excluding hydrogens is 320 g/mol. The van der Waals surface area contributed by atoms with Gasteiger partial charge in [-0.25, -0.2) is 8.78 Å². The van der Waals surface area contributed by atoms with E-state index >= 15 is 0 Å². The summed E-state index contributed by atoms with van der Waals surface area (Å²) in [6, 6.07) is 8.04. The van der Waals surface area contributed by atoms with Crippen LogP contribution >= 0.6 is 0 Å². The van der Waals surface area contributed by atoms with Crippen LogP contribution in [0.5, 0.6) is 17.2 Å². The molecule has 0 unspecified atom stereocenters. The number of carbonyl (C=O) groups excluding carboxylic acids is 1. The summed E-state index contributed by atoms with van der Waals surface area (Å²) < 4.78 is 41.3. The molecule has 0 aliphatic rings. The average molecular weight is 337 g/mol. The maximum absolute atomic E-state index is 13.0. The third-order valence-corrected chi connectivity index (χ3v) is 3.19. The lowest BCUT2D eigenvalue weighted by Gasteiger charge is -2.10. The Morgan fingerprint density at radius 1 is 1.00 bits per heavy atom. The highest BCUT2D eigenvalue weighted by molar-refractivity contribution is 5.94. The molecule has 0 atom stereocenters. The van der Waals surface area contributed by atoms with E-state index in [1.807, 2.05) is 0 Å². The molecule has 0 aliphatic heterocycles. The van der Waals surface area contributed by atoms with E-state index in [1.165, 1.54) is 20.3 Å². The van der Waals surface area contributed by atoms with Crippen LogP contribution in [-0.2, 0) is 0 Å². The molecule has 24 heavy (non-hydrogen) atoms. The normalized spacial score (nSPS) is 10.2. The molecule has 2 rings (SSSR count). The Balaban J connectivity index is 1.85. The van der Waals surface area contributed by atoms with Crippen LogP contribution in [0, 0.1) is 11.6 Å². The zero-order valence-electron chi connectivity index (χ0n) is 13.3. The van der Waals surface area contributed by atoms with Crippen molar-refractivity contribution >= 4 is 5.91 Å². The van der Waals surface area contributed by atoms with Crippen LogP contribution in [0.4, 0.5) is 8.78 Å². The first kappa shape index (κ1) is 17.5. The number of carbonyl (C=O) groups is 1. The van der Waals surface area contributed by atoms with Crippen molar-refractivity contribution in [1.82, 2.24) is 5.32 Å². The van der Waals surface area contributed by atoms with Crippen molar-refractivity contribution in [2.75, 3.05) is 27.4 Å². The summed E-state index contributed by atoms with van der Waals surface area (Å²) >= 11 is 0. The van der Waals surface area contributed by atoms with Gasteiger partial charge in [-0.2, -0.15) is 0 Å². The number of amides is 1. The van der Waals surface area contributed by atoms with Gasteiger partial charge in [0, 0.05) is 11.6 Å². The van der Waals surface area contributed by atoms with Gasteiger partial charge < -0.3 is 19.5 Å². The van der Waals surface area contributed by atoms with Crippen molar-refractivity contribution in [2.24, 2.45) is 0 Å². The average Bonchev–Trinajstić information content (AvgIpc) is 2.60. The van der Waals surface area contributed by atoms with E-state index in [4.69, 9.17) is 14.2 Å². The molecular formula is C17H17F2NO4. The van der Waals surface area contributed by atoms with Crippen LogP contribution in [0.2, 0.25) is 0 Å². The summed E-state index contributed by atoms with van der Waals surface area (Å²) in [5, 5.41) is 2.66. The minimum Gasteiger partial charge on any atom is -0.493 e. The van der Waals surface area contributed by atoms with E-state index in [9.17, 15) is 13.6 Å². The molecule has 2 aromatic carbocycles. The van der Waals surface area contributed by atoms with E-state index in [1.54, 1.807) is 18.2 Å². The fourth-order valence-corrected chi connectivity index (χ4v) is 1.98. The number of rotatable bonds is 7. The van der Waals surface area contributed by atoms with Crippen molar-refractivity contribution in [3.8, 4) is 17.2 Å². The molecule has 128 valence electrons. The second-order valence-corrected chi connectivity index (χ2v) is 4.75. The molecule has 0 saturated carbocycles. The third-order valence-electron chi connectivity index (χ3n) is 3.19. The van der Waals surface area contributed by atoms with Crippen LogP contribution in [0.15, 0.2) is 36.4 Å². The molecule has 2 aromatic rings. The van der Waals surface area contributed by atoms with Crippen LogP contribution in [0.3, 0.4) is 0 Å². The minimum absolute atomic E-state index is 0.115. The summed E-state index contributed by atoms with van der Waals surface area (Å²) in [4.78, 5) is 12.0. The Morgan fingerprint density at radius 2 is 1.75 bits per heavy atom. The third kappa shape index (κ3) is 4.34. The Labute approximate surface area is 138 Å². The number of methoxy groups -OCH3 is 2. The van der Waals surface area contributed by atoms with Crippen molar-refractivity contribution in [2.45, 2.75) is 0 Å². The first-order chi connectivity index (χ1) is 11.5. The van der Waals surface area contributed by atoms with Gasteiger partial charge >= 0.3 is 0 Å². The van der Waals surface area contributed by atoms with Crippen LogP contribution in [-0.4, -0.2) is 33.3 Å². The van der Waals surface area contributed by atoms with Gasteiger partial charge in [0.2, 0.25) is 0 Å². The number of hydrogen-bond donors (Lipinski definition) is 1. The van der Waals surface area contributed by atoms with Gasteiger partial charge in [-0.15, -0.1) is 0 Å². The van der Waals surface area contributed by atoms with Gasteiger partial charge in [0.1, 0.15) is 12.4 Å². The monoisotopic (exact) mass is 337 g/mol. The van der Waals surface area contributed by atoms with Crippen LogP contribution < -0.4 is 19.5 Å². The lowest BCUT2D eigenvalue weighted by atomic mass is 10.2. The van der Waals surface area contributed by atoms with E-state index in [0.717, 1.165) is 12.1 Å². The first-order valence-electron chi connectivity index (χ1n) is 7.13. The van der Waals surface area contributed by atoms with Gasteiger partial charge in [0.05, 0.1) is 20.8 Å². The SMILES string of the molecule is COc1ccc(C(=O)NCCOc2ccc(F)c(F)c2)cc1OC. The van der Waals surface area contributed by atoms with E-state index in [-0.39, 0.29) is 24.8 Å². The van der Waals surface area contributed by atoms with Crippen molar-refractivity contribution in [3.05, 3.63) is 53.6 Å². The van der Waals surface area contributed by atoms with Gasteiger partial charge in [0.15, 0.2) is 23.1 Å². The summed E-state index contributed by atoms with van der Waals surface area (Å²) in [7, 11) is 2.99. The molecule has 5 nitrogen and oxygen atoms in total. The summed E-state index contributed by atoms with van der Waals surface area (Å²) in [6.07, 6.45) is 0. The molecule has 0 saturated heterocycles. The molecule has 0 radical (unpaired) electrons. The molecule has 1 amide bonds. The number of ether oxygens (including phenoxy) is 3. The first-order valence-corrected chi connectivity index (χ1v) is 7.13. The highest BCUT2D eigenvalue weighted by Gasteiger charge is 2.10. The molecule has 0 aromatic heterocycles.